The molecule has 11 nitrogen and oxygen atoms in total. The summed E-state index contributed by atoms with van der Waals surface area (Å²) in [6.45, 7) is 0. The fourth-order valence-corrected chi connectivity index (χ4v) is 8.04. The van der Waals surface area contributed by atoms with Crippen LogP contribution < -0.4 is 23.7 Å². The number of hydrogen-bond acceptors (Lipinski definition) is 10. The lowest BCUT2D eigenvalue weighted by Crippen LogP contribution is -2.34. The average molecular weight is 726 g/mol. The summed E-state index contributed by atoms with van der Waals surface area (Å²) in [7, 11) is 2.75. The molecule has 0 aromatic heterocycles. The molecule has 2 aliphatic heterocycles. The maximum absolute atomic E-state index is 13.7. The van der Waals surface area contributed by atoms with Crippen LogP contribution in [0.2, 0.25) is 10.0 Å². The first kappa shape index (κ1) is 34.0. The summed E-state index contributed by atoms with van der Waals surface area (Å²) in [6.07, 6.45) is 8.43. The normalized spacial score (nSPS) is 17.9. The number of methoxy groups -OCH3 is 2. The van der Waals surface area contributed by atoms with Gasteiger partial charge in [-0.05, 0) is 49.9 Å². The molecule has 7 rings (SSSR count). The molecule has 0 unspecified atom stereocenters. The molecule has 1 spiro atoms. The molecule has 3 aromatic carbocycles. The van der Waals surface area contributed by atoms with E-state index in [-0.39, 0.29) is 84.2 Å². The second-order valence-corrected chi connectivity index (χ2v) is 13.7. The summed E-state index contributed by atoms with van der Waals surface area (Å²) in [5, 5.41) is 9.38. The van der Waals surface area contributed by atoms with Gasteiger partial charge in [-0.25, -0.2) is 9.59 Å². The molecule has 1 N–H and O–H groups in total. The molecule has 2 heterocycles. The van der Waals surface area contributed by atoms with Crippen LogP contribution in [0.3, 0.4) is 0 Å². The Labute approximate surface area is 297 Å². The van der Waals surface area contributed by atoms with Gasteiger partial charge in [0.1, 0.15) is 10.0 Å². The van der Waals surface area contributed by atoms with E-state index in [9.17, 15) is 24.3 Å². The number of carboxylic acids is 1. The highest BCUT2D eigenvalue weighted by Gasteiger charge is 2.56. The van der Waals surface area contributed by atoms with Crippen LogP contribution in [-0.4, -0.2) is 43.2 Å². The van der Waals surface area contributed by atoms with Crippen molar-refractivity contribution < 1.29 is 52.7 Å². The van der Waals surface area contributed by atoms with Crippen LogP contribution >= 0.6 is 23.2 Å². The zero-order valence-corrected chi connectivity index (χ0v) is 28.9. The Kier molecular flexibility index (Phi) is 9.07. The molecule has 0 amide bonds. The molecule has 4 aliphatic rings. The Morgan fingerprint density at radius 2 is 1.22 bits per heavy atom. The van der Waals surface area contributed by atoms with Crippen LogP contribution in [0.15, 0.2) is 30.3 Å². The summed E-state index contributed by atoms with van der Waals surface area (Å²) in [4.78, 5) is 52.2. The predicted octanol–water partition coefficient (Wildman–Crippen LogP) is 8.25. The van der Waals surface area contributed by atoms with Gasteiger partial charge in [-0.15, -0.1) is 0 Å². The van der Waals surface area contributed by atoms with E-state index < -0.39 is 29.5 Å². The summed E-state index contributed by atoms with van der Waals surface area (Å²) in [6, 6.07) is 7.04. The average Bonchev–Trinajstić information content (AvgIpc) is 3.43. The minimum absolute atomic E-state index is 0.0190. The van der Waals surface area contributed by atoms with Crippen molar-refractivity contribution in [2.45, 2.75) is 69.8 Å². The van der Waals surface area contributed by atoms with Crippen molar-refractivity contribution in [2.24, 2.45) is 11.8 Å². The molecule has 2 fully saturated rings. The molecule has 3 aromatic rings. The van der Waals surface area contributed by atoms with E-state index in [1.807, 2.05) is 0 Å². The molecule has 2 aliphatic carbocycles. The van der Waals surface area contributed by atoms with Crippen LogP contribution in [-0.2, 0) is 19.9 Å². The van der Waals surface area contributed by atoms with Crippen LogP contribution in [0.4, 0.5) is 0 Å². The summed E-state index contributed by atoms with van der Waals surface area (Å²) in [5.41, 5.74) is -1.36. The van der Waals surface area contributed by atoms with Gasteiger partial charge in [0.15, 0.2) is 40.1 Å². The highest BCUT2D eigenvalue weighted by atomic mass is 35.5. The SMILES string of the molecule is COc1cc2c(c(Cl)c1OC(=O)C1CCCCC1)Oc1c(cc(OC)c(OC(=O)C3CCCCC3)c1Cl)C21OC(=O)c2cc(C(=O)O)ccc21. The molecule has 2 saturated carbocycles. The summed E-state index contributed by atoms with van der Waals surface area (Å²) < 4.78 is 35.8. The first-order chi connectivity index (χ1) is 24.1. The van der Waals surface area contributed by atoms with E-state index >= 15 is 0 Å². The van der Waals surface area contributed by atoms with Crippen molar-refractivity contribution in [3.8, 4) is 34.5 Å². The second kappa shape index (κ2) is 13.3. The van der Waals surface area contributed by atoms with Crippen molar-refractivity contribution >= 4 is 47.1 Å². The monoisotopic (exact) mass is 724 g/mol. The van der Waals surface area contributed by atoms with E-state index in [1.165, 1.54) is 44.6 Å². The number of benzene rings is 3. The fourth-order valence-electron chi connectivity index (χ4n) is 7.49. The van der Waals surface area contributed by atoms with Crippen LogP contribution in [0.5, 0.6) is 34.5 Å². The van der Waals surface area contributed by atoms with Gasteiger partial charge in [0.2, 0.25) is 0 Å². The molecular weight excluding hydrogens is 691 g/mol. The first-order valence-electron chi connectivity index (χ1n) is 16.6. The number of rotatable bonds is 7. The van der Waals surface area contributed by atoms with Gasteiger partial charge in [-0.1, -0.05) is 67.8 Å². The fraction of sp³-hybridized carbons (Fsp3) is 0.405. The number of carbonyl (C=O) groups excluding carboxylic acids is 3. The highest BCUT2D eigenvalue weighted by molar-refractivity contribution is 6.35. The third-order valence-corrected chi connectivity index (χ3v) is 10.8. The third kappa shape index (κ3) is 5.51. The smallest absolute Gasteiger partial charge is 0.340 e. The standard InChI is InChI=1S/C37H34Cl2O11/c1-45-25-16-23-29(27(38)31(25)48-34(42)18-9-5-3-6-10-18)47-30-24(37(23)22-14-13-20(33(40)41)15-21(22)36(44)50-37)17-26(46-2)32(28(30)39)49-35(43)19-11-7-4-8-12-19/h13-19H,3-12H2,1-2H3,(H,40,41). The number of carbonyl (C=O) groups is 4. The quantitative estimate of drug-likeness (QED) is 0.186. The van der Waals surface area contributed by atoms with Crippen molar-refractivity contribution in [3.63, 3.8) is 0 Å². The van der Waals surface area contributed by atoms with E-state index in [2.05, 4.69) is 0 Å². The highest BCUT2D eigenvalue weighted by Crippen LogP contribution is 2.63. The minimum atomic E-state index is -1.84. The second-order valence-electron chi connectivity index (χ2n) is 12.9. The van der Waals surface area contributed by atoms with Gasteiger partial charge in [-0.2, -0.15) is 0 Å². The Morgan fingerprint density at radius 1 is 0.740 bits per heavy atom. The molecule has 50 heavy (non-hydrogen) atoms. The molecule has 0 bridgehead atoms. The van der Waals surface area contributed by atoms with Crippen LogP contribution in [0.1, 0.15) is 102 Å². The zero-order chi connectivity index (χ0) is 35.3. The number of aromatic carboxylic acids is 1. The lowest BCUT2D eigenvalue weighted by molar-refractivity contribution is -0.140. The van der Waals surface area contributed by atoms with Gasteiger partial charge in [-0.3, -0.25) is 9.59 Å². The molecule has 13 heteroatoms. The lowest BCUT2D eigenvalue weighted by atomic mass is 9.77. The van der Waals surface area contributed by atoms with Gasteiger partial charge in [0.25, 0.3) is 0 Å². The van der Waals surface area contributed by atoms with E-state index in [0.29, 0.717) is 25.7 Å². The lowest BCUT2D eigenvalue weighted by Gasteiger charge is -2.38. The molecule has 0 saturated heterocycles. The van der Waals surface area contributed by atoms with Crippen molar-refractivity contribution in [3.05, 3.63) is 68.2 Å². The van der Waals surface area contributed by atoms with Crippen molar-refractivity contribution in [2.75, 3.05) is 14.2 Å². The van der Waals surface area contributed by atoms with E-state index in [0.717, 1.165) is 38.5 Å². The number of fused-ring (bicyclic) bond motifs is 6. The number of halogens is 2. The first-order valence-corrected chi connectivity index (χ1v) is 17.4. The number of carboxylic acid groups (broad SMARTS) is 1. The van der Waals surface area contributed by atoms with Gasteiger partial charge < -0.3 is 33.5 Å². The maximum atomic E-state index is 13.7. The molecule has 0 atom stereocenters. The van der Waals surface area contributed by atoms with Crippen molar-refractivity contribution in [1.82, 2.24) is 0 Å². The summed E-state index contributed by atoms with van der Waals surface area (Å²) in [5.74, 6) is -3.82. The third-order valence-electron chi connectivity index (χ3n) is 10.1. The Bertz CT molecular complexity index is 1830. The number of hydrogen-bond donors (Lipinski definition) is 1. The molecule has 0 radical (unpaired) electrons. The van der Waals surface area contributed by atoms with Gasteiger partial charge in [0, 0.05) is 5.56 Å². The van der Waals surface area contributed by atoms with E-state index in [4.69, 9.17) is 51.6 Å². The molecule has 262 valence electrons. The predicted molar refractivity (Wildman–Crippen MR) is 179 cm³/mol. The summed E-state index contributed by atoms with van der Waals surface area (Å²) >= 11 is 14.1. The van der Waals surface area contributed by atoms with Gasteiger partial charge in [0.05, 0.1) is 48.3 Å². The maximum Gasteiger partial charge on any atom is 0.340 e. The zero-order valence-electron chi connectivity index (χ0n) is 27.4. The Hall–Kier alpha value is -4.48. The minimum Gasteiger partial charge on any atom is -0.493 e. The van der Waals surface area contributed by atoms with E-state index in [1.54, 1.807) is 0 Å². The topological polar surface area (TPSA) is 144 Å². The van der Waals surface area contributed by atoms with Crippen LogP contribution in [0, 0.1) is 11.8 Å². The Balaban J connectivity index is 1.43. The number of esters is 3. The Morgan fingerprint density at radius 3 is 1.66 bits per heavy atom. The molecular formula is C37H34Cl2O11. The van der Waals surface area contributed by atoms with Crippen molar-refractivity contribution in [1.29, 1.82) is 0 Å². The number of ether oxygens (including phenoxy) is 6. The van der Waals surface area contributed by atoms with Gasteiger partial charge >= 0.3 is 23.9 Å². The largest absolute Gasteiger partial charge is 0.493 e. The van der Waals surface area contributed by atoms with Crippen LogP contribution in [0.25, 0.3) is 0 Å².